The van der Waals surface area contributed by atoms with Gasteiger partial charge in [0.1, 0.15) is 23.0 Å². The lowest BCUT2D eigenvalue weighted by Gasteiger charge is -2.14. The molecule has 2 amide bonds. The average Bonchev–Trinajstić information content (AvgIpc) is 3.14. The molecule has 0 radical (unpaired) electrons. The molecule has 0 spiro atoms. The van der Waals surface area contributed by atoms with Crippen LogP contribution in [0, 0.1) is 11.2 Å². The molecule has 0 aliphatic rings. The quantitative estimate of drug-likeness (QED) is 0.188. The average molecular weight is 548 g/mol. The molecule has 2 aromatic carbocycles. The zero-order valence-electron chi connectivity index (χ0n) is 17.7. The van der Waals surface area contributed by atoms with Gasteiger partial charge in [-0.1, -0.05) is 40.8 Å². The minimum atomic E-state index is -0.593. The van der Waals surface area contributed by atoms with Crippen LogP contribution in [0.2, 0.25) is 0 Å². The van der Waals surface area contributed by atoms with Gasteiger partial charge >= 0.3 is 0 Å². The number of halogens is 2. The number of nitrogens with zero attached hydrogens (tertiary/aromatic N) is 3. The topological polar surface area (TPSA) is 103 Å². The van der Waals surface area contributed by atoms with Gasteiger partial charge in [0.2, 0.25) is 0 Å². The maximum Gasteiger partial charge on any atom is 0.261 e. The van der Waals surface area contributed by atoms with Crippen LogP contribution in [0.1, 0.15) is 31.8 Å². The third-order valence-electron chi connectivity index (χ3n) is 4.72. The van der Waals surface area contributed by atoms with Crippen molar-refractivity contribution < 1.29 is 14.0 Å². The van der Waals surface area contributed by atoms with Crippen molar-refractivity contribution in [3.05, 3.63) is 76.7 Å². The van der Waals surface area contributed by atoms with E-state index in [1.807, 2.05) is 0 Å². The Labute approximate surface area is 198 Å². The minimum Gasteiger partial charge on any atom is -0.363 e. The van der Waals surface area contributed by atoms with Crippen LogP contribution >= 0.6 is 22.6 Å². The van der Waals surface area contributed by atoms with Crippen molar-refractivity contribution in [2.24, 2.45) is 7.05 Å². The van der Waals surface area contributed by atoms with Crippen LogP contribution in [0.15, 0.2) is 48.7 Å². The number of nitrogens with one attached hydrogen (secondary N) is 3. The van der Waals surface area contributed by atoms with Crippen molar-refractivity contribution in [2.45, 2.75) is 4.43 Å². The summed E-state index contributed by atoms with van der Waals surface area (Å²) in [5.74, 6) is -1.07. The molecule has 0 saturated heterocycles. The monoisotopic (exact) mass is 548 g/mol. The second-order valence-electron chi connectivity index (χ2n) is 7.21. The number of hydrogen-bond donors (Lipinski definition) is 3. The van der Waals surface area contributed by atoms with E-state index in [2.05, 4.69) is 38.3 Å². The van der Waals surface area contributed by atoms with E-state index in [0.717, 1.165) is 5.56 Å². The van der Waals surface area contributed by atoms with E-state index in [-0.39, 0.29) is 17.1 Å². The lowest BCUT2D eigenvalue weighted by Crippen LogP contribution is -2.22. The number of hydrogen-bond acceptors (Lipinski definition) is 4. The van der Waals surface area contributed by atoms with Gasteiger partial charge in [0.25, 0.3) is 11.8 Å². The van der Waals surface area contributed by atoms with Crippen LogP contribution in [-0.4, -0.2) is 46.4 Å². The van der Waals surface area contributed by atoms with Crippen LogP contribution < -0.4 is 10.6 Å². The van der Waals surface area contributed by atoms with Gasteiger partial charge in [-0.25, -0.2) is 4.39 Å². The largest absolute Gasteiger partial charge is 0.363 e. The van der Waals surface area contributed by atoms with Gasteiger partial charge in [-0.05, 0) is 29.8 Å². The fourth-order valence-electron chi connectivity index (χ4n) is 2.90. The molecule has 3 rings (SSSR count). The summed E-state index contributed by atoms with van der Waals surface area (Å²) in [7, 11) is 5.12. The molecular formula is C22H22FIN6O2. The molecule has 0 unspecified atom stereocenters. The van der Waals surface area contributed by atoms with Gasteiger partial charge in [-0.3, -0.25) is 19.7 Å². The zero-order chi connectivity index (χ0) is 23.4. The predicted molar refractivity (Wildman–Crippen MR) is 130 cm³/mol. The summed E-state index contributed by atoms with van der Waals surface area (Å²) >= 11 is 2.13. The summed E-state index contributed by atoms with van der Waals surface area (Å²) in [6, 6.07) is 11.2. The van der Waals surface area contributed by atoms with E-state index in [1.54, 1.807) is 56.4 Å². The molecule has 0 bridgehead atoms. The van der Waals surface area contributed by atoms with Crippen LogP contribution in [-0.2, 0) is 11.5 Å². The molecule has 0 aliphatic heterocycles. The number of amidine groups is 1. The van der Waals surface area contributed by atoms with Crippen LogP contribution in [0.5, 0.6) is 0 Å². The number of anilines is 2. The minimum absolute atomic E-state index is 0.0451. The number of rotatable bonds is 6. The molecule has 166 valence electrons. The number of carbonyl (C=O) groups excluding carboxylic acids is 2. The molecule has 0 saturated carbocycles. The first-order valence-electron chi connectivity index (χ1n) is 9.56. The summed E-state index contributed by atoms with van der Waals surface area (Å²) in [6.07, 6.45) is 1.31. The highest BCUT2D eigenvalue weighted by atomic mass is 127. The standard InChI is InChI=1S/C22H22FIN6O2/c1-29(2)19(25)14-5-7-15(8-6-14)21(31)28-20-16(12-26-30(20)3)22(32)27-18-9-4-13(11-24)10-17(18)23/h4-10,12,25H,11H2,1-3H3,(H,27,32)(H,28,31). The highest BCUT2D eigenvalue weighted by molar-refractivity contribution is 14.1. The Morgan fingerprint density at radius 2 is 1.75 bits per heavy atom. The summed E-state index contributed by atoms with van der Waals surface area (Å²) in [5.41, 5.74) is 1.98. The van der Waals surface area contributed by atoms with Crippen molar-refractivity contribution in [3.8, 4) is 0 Å². The van der Waals surface area contributed by atoms with E-state index in [9.17, 15) is 14.0 Å². The Balaban J connectivity index is 1.77. The van der Waals surface area contributed by atoms with Crippen molar-refractivity contribution in [2.75, 3.05) is 24.7 Å². The Bertz CT molecular complexity index is 1170. The van der Waals surface area contributed by atoms with E-state index < -0.39 is 17.6 Å². The molecule has 8 nitrogen and oxygen atoms in total. The second kappa shape index (κ2) is 9.90. The maximum atomic E-state index is 14.3. The van der Waals surface area contributed by atoms with Gasteiger partial charge in [0.05, 0.1) is 11.9 Å². The van der Waals surface area contributed by atoms with Crippen LogP contribution in [0.25, 0.3) is 0 Å². The SMILES string of the molecule is CN(C)C(=N)c1ccc(C(=O)Nc2c(C(=O)Nc3ccc(CI)cc3F)cnn2C)cc1. The van der Waals surface area contributed by atoms with E-state index in [4.69, 9.17) is 5.41 Å². The Hall–Kier alpha value is -3.28. The third kappa shape index (κ3) is 5.13. The van der Waals surface area contributed by atoms with E-state index in [1.165, 1.54) is 23.0 Å². The highest BCUT2D eigenvalue weighted by Crippen LogP contribution is 2.21. The van der Waals surface area contributed by atoms with Crippen molar-refractivity contribution >= 4 is 51.7 Å². The predicted octanol–water partition coefficient (Wildman–Crippen LogP) is 3.89. The number of alkyl halides is 1. The fraction of sp³-hybridized carbons (Fsp3) is 0.182. The van der Waals surface area contributed by atoms with Crippen LogP contribution in [0.4, 0.5) is 15.9 Å². The highest BCUT2D eigenvalue weighted by Gasteiger charge is 2.20. The fourth-order valence-corrected chi connectivity index (χ4v) is 3.38. The lowest BCUT2D eigenvalue weighted by atomic mass is 10.1. The number of benzene rings is 2. The van der Waals surface area contributed by atoms with Crippen LogP contribution in [0.3, 0.4) is 0 Å². The van der Waals surface area contributed by atoms with Gasteiger partial charge in [0, 0.05) is 36.7 Å². The van der Waals surface area contributed by atoms with E-state index >= 15 is 0 Å². The third-order valence-corrected chi connectivity index (χ3v) is 5.60. The summed E-state index contributed by atoms with van der Waals surface area (Å²) < 4.78 is 16.3. The molecule has 1 aromatic heterocycles. The molecule has 3 N–H and O–H groups in total. The molecule has 1 heterocycles. The molecule has 3 aromatic rings. The van der Waals surface area contributed by atoms with E-state index in [0.29, 0.717) is 21.4 Å². The maximum absolute atomic E-state index is 14.3. The second-order valence-corrected chi connectivity index (χ2v) is 7.97. The summed E-state index contributed by atoms with van der Waals surface area (Å²) in [4.78, 5) is 27.1. The number of aryl methyl sites for hydroxylation is 1. The number of carbonyl (C=O) groups is 2. The Morgan fingerprint density at radius 3 is 2.34 bits per heavy atom. The van der Waals surface area contributed by atoms with Gasteiger partial charge < -0.3 is 15.5 Å². The zero-order valence-corrected chi connectivity index (χ0v) is 19.9. The molecule has 0 aliphatic carbocycles. The van der Waals surface area contributed by atoms with Crippen molar-refractivity contribution in [3.63, 3.8) is 0 Å². The Kier molecular flexibility index (Phi) is 7.23. The lowest BCUT2D eigenvalue weighted by molar-refractivity contribution is 0.102. The molecule has 0 atom stereocenters. The van der Waals surface area contributed by atoms with Crippen molar-refractivity contribution in [1.82, 2.24) is 14.7 Å². The normalized spacial score (nSPS) is 10.5. The van der Waals surface area contributed by atoms with Gasteiger partial charge in [0.15, 0.2) is 0 Å². The van der Waals surface area contributed by atoms with Crippen molar-refractivity contribution in [1.29, 1.82) is 5.41 Å². The van der Waals surface area contributed by atoms with Gasteiger partial charge in [-0.2, -0.15) is 5.10 Å². The first-order valence-corrected chi connectivity index (χ1v) is 11.1. The first-order chi connectivity index (χ1) is 15.2. The summed E-state index contributed by atoms with van der Waals surface area (Å²) in [6.45, 7) is 0. The number of amides is 2. The molecule has 32 heavy (non-hydrogen) atoms. The summed E-state index contributed by atoms with van der Waals surface area (Å²) in [5, 5.41) is 17.3. The van der Waals surface area contributed by atoms with Gasteiger partial charge in [-0.15, -0.1) is 0 Å². The Morgan fingerprint density at radius 1 is 1.09 bits per heavy atom. The smallest absolute Gasteiger partial charge is 0.261 e. The molecule has 10 heteroatoms. The number of aromatic nitrogens is 2. The first kappa shape index (κ1) is 23.4. The molecule has 0 fully saturated rings. The molecular weight excluding hydrogens is 526 g/mol.